The van der Waals surface area contributed by atoms with Gasteiger partial charge in [-0.1, -0.05) is 54.6 Å². The summed E-state index contributed by atoms with van der Waals surface area (Å²) in [6.07, 6.45) is 0.821. The molecular formula is C22H18N2O3. The highest BCUT2D eigenvalue weighted by molar-refractivity contribution is 5.83. The van der Waals surface area contributed by atoms with E-state index in [9.17, 15) is 9.59 Å². The number of fused-ring (bicyclic) bond motifs is 1. The Balaban J connectivity index is 1.81. The molecule has 3 aromatic carbocycles. The van der Waals surface area contributed by atoms with Crippen molar-refractivity contribution in [2.75, 3.05) is 0 Å². The molecule has 0 radical (unpaired) electrons. The maximum Gasteiger partial charge on any atom is 0.417 e. The third-order valence-electron chi connectivity index (χ3n) is 4.58. The SMILES string of the molecule is NC(=O)CCc1cc(-c2ccccc2)ccc1-c1ccc2oc(=O)[nH]c2c1. The summed E-state index contributed by atoms with van der Waals surface area (Å²) >= 11 is 0. The summed E-state index contributed by atoms with van der Waals surface area (Å²) in [6, 6.07) is 21.8. The van der Waals surface area contributed by atoms with Gasteiger partial charge in [0.15, 0.2) is 5.58 Å². The number of hydrogen-bond donors (Lipinski definition) is 2. The van der Waals surface area contributed by atoms with Gasteiger partial charge in [0.05, 0.1) is 5.52 Å². The molecule has 0 aliphatic heterocycles. The predicted molar refractivity (Wildman–Crippen MR) is 105 cm³/mol. The van der Waals surface area contributed by atoms with Crippen molar-refractivity contribution < 1.29 is 9.21 Å². The zero-order valence-corrected chi connectivity index (χ0v) is 14.6. The molecule has 0 bridgehead atoms. The van der Waals surface area contributed by atoms with Gasteiger partial charge in [-0.2, -0.15) is 0 Å². The molecule has 0 saturated heterocycles. The van der Waals surface area contributed by atoms with Crippen LogP contribution in [0.3, 0.4) is 0 Å². The minimum atomic E-state index is -0.476. The molecule has 27 heavy (non-hydrogen) atoms. The number of primary amides is 1. The average Bonchev–Trinajstić information content (AvgIpc) is 3.06. The second-order valence-electron chi connectivity index (χ2n) is 6.43. The van der Waals surface area contributed by atoms with E-state index in [1.165, 1.54) is 0 Å². The molecule has 3 N–H and O–H groups in total. The Labute approximate surface area is 155 Å². The highest BCUT2D eigenvalue weighted by atomic mass is 16.4. The van der Waals surface area contributed by atoms with Crippen LogP contribution >= 0.6 is 0 Å². The van der Waals surface area contributed by atoms with E-state index in [4.69, 9.17) is 10.2 Å². The van der Waals surface area contributed by atoms with Crippen molar-refractivity contribution in [3.8, 4) is 22.3 Å². The van der Waals surface area contributed by atoms with Crippen molar-refractivity contribution in [2.45, 2.75) is 12.8 Å². The Morgan fingerprint density at radius 1 is 0.926 bits per heavy atom. The van der Waals surface area contributed by atoms with Crippen LogP contribution in [0.5, 0.6) is 0 Å². The van der Waals surface area contributed by atoms with Crippen LogP contribution in [0.1, 0.15) is 12.0 Å². The Morgan fingerprint density at radius 2 is 1.70 bits per heavy atom. The third kappa shape index (κ3) is 3.53. The molecule has 5 heteroatoms. The fourth-order valence-electron chi connectivity index (χ4n) is 3.27. The Kier molecular flexibility index (Phi) is 4.34. The number of oxazole rings is 1. The van der Waals surface area contributed by atoms with Crippen molar-refractivity contribution >= 4 is 17.0 Å². The minimum Gasteiger partial charge on any atom is -0.408 e. The third-order valence-corrected chi connectivity index (χ3v) is 4.58. The lowest BCUT2D eigenvalue weighted by Crippen LogP contribution is -2.11. The Hall–Kier alpha value is -3.60. The average molecular weight is 358 g/mol. The summed E-state index contributed by atoms with van der Waals surface area (Å²) < 4.78 is 5.07. The second kappa shape index (κ2) is 6.96. The number of carbonyl (C=O) groups excluding carboxylic acids is 1. The maximum atomic E-state index is 11.4. The van der Waals surface area contributed by atoms with Gasteiger partial charge < -0.3 is 10.2 Å². The molecule has 0 spiro atoms. The van der Waals surface area contributed by atoms with E-state index in [-0.39, 0.29) is 12.3 Å². The van der Waals surface area contributed by atoms with Gasteiger partial charge in [0.25, 0.3) is 0 Å². The first-order valence-electron chi connectivity index (χ1n) is 8.70. The molecule has 4 rings (SSSR count). The fraction of sp³-hybridized carbons (Fsp3) is 0.0909. The van der Waals surface area contributed by atoms with Crippen molar-refractivity contribution in [1.29, 1.82) is 0 Å². The van der Waals surface area contributed by atoms with Crippen LogP contribution < -0.4 is 11.5 Å². The number of H-pyrrole nitrogens is 1. The monoisotopic (exact) mass is 358 g/mol. The van der Waals surface area contributed by atoms with Crippen LogP contribution in [0.25, 0.3) is 33.4 Å². The number of amides is 1. The lowest BCUT2D eigenvalue weighted by Gasteiger charge is -2.12. The first-order chi connectivity index (χ1) is 13.1. The summed E-state index contributed by atoms with van der Waals surface area (Å²) in [7, 11) is 0. The van der Waals surface area contributed by atoms with Gasteiger partial charge in [-0.3, -0.25) is 9.78 Å². The maximum absolute atomic E-state index is 11.4. The molecule has 0 aliphatic rings. The second-order valence-corrected chi connectivity index (χ2v) is 6.43. The van der Waals surface area contributed by atoms with Crippen molar-refractivity contribution in [1.82, 2.24) is 4.98 Å². The van der Waals surface area contributed by atoms with E-state index in [1.54, 1.807) is 6.07 Å². The van der Waals surface area contributed by atoms with Crippen molar-refractivity contribution in [3.05, 3.63) is 82.8 Å². The first kappa shape index (κ1) is 16.8. The lowest BCUT2D eigenvalue weighted by atomic mass is 9.92. The van der Waals surface area contributed by atoms with E-state index in [0.29, 0.717) is 17.5 Å². The molecule has 4 aromatic rings. The van der Waals surface area contributed by atoms with Crippen molar-refractivity contribution in [2.24, 2.45) is 5.73 Å². The number of benzene rings is 3. The van der Waals surface area contributed by atoms with Crippen LogP contribution in [-0.4, -0.2) is 10.9 Å². The zero-order valence-electron chi connectivity index (χ0n) is 14.6. The van der Waals surface area contributed by atoms with Gasteiger partial charge in [-0.25, -0.2) is 4.79 Å². The van der Waals surface area contributed by atoms with E-state index in [2.05, 4.69) is 29.2 Å². The highest BCUT2D eigenvalue weighted by Crippen LogP contribution is 2.31. The summed E-state index contributed by atoms with van der Waals surface area (Å²) in [5, 5.41) is 0. The predicted octanol–water partition coefficient (Wildman–Crippen LogP) is 3.87. The molecule has 0 aliphatic carbocycles. The van der Waals surface area contributed by atoms with E-state index < -0.39 is 5.76 Å². The van der Waals surface area contributed by atoms with E-state index in [1.807, 2.05) is 36.4 Å². The molecule has 134 valence electrons. The molecule has 1 amide bonds. The number of aryl methyl sites for hydroxylation is 1. The van der Waals surface area contributed by atoms with Crippen molar-refractivity contribution in [3.63, 3.8) is 0 Å². The largest absolute Gasteiger partial charge is 0.417 e. The van der Waals surface area contributed by atoms with Gasteiger partial charge in [0, 0.05) is 6.42 Å². The van der Waals surface area contributed by atoms with Gasteiger partial charge in [-0.15, -0.1) is 0 Å². The summed E-state index contributed by atoms with van der Waals surface area (Å²) in [5.41, 5.74) is 11.7. The van der Waals surface area contributed by atoms with Gasteiger partial charge in [-0.05, 0) is 46.4 Å². The van der Waals surface area contributed by atoms with Gasteiger partial charge in [0.1, 0.15) is 0 Å². The van der Waals surface area contributed by atoms with Crippen LogP contribution in [0.15, 0.2) is 75.9 Å². The minimum absolute atomic E-state index is 0.274. The molecule has 1 aromatic heterocycles. The van der Waals surface area contributed by atoms with Crippen LogP contribution in [0.4, 0.5) is 0 Å². The smallest absolute Gasteiger partial charge is 0.408 e. The number of aromatic amines is 1. The molecule has 0 saturated carbocycles. The van der Waals surface area contributed by atoms with Gasteiger partial charge >= 0.3 is 5.76 Å². The highest BCUT2D eigenvalue weighted by Gasteiger charge is 2.11. The zero-order chi connectivity index (χ0) is 18.8. The first-order valence-corrected chi connectivity index (χ1v) is 8.70. The summed E-state index contributed by atoms with van der Waals surface area (Å²) in [4.78, 5) is 25.4. The normalized spacial score (nSPS) is 11.0. The van der Waals surface area contributed by atoms with Gasteiger partial charge in [0.2, 0.25) is 5.91 Å². The number of hydrogen-bond acceptors (Lipinski definition) is 3. The summed E-state index contributed by atoms with van der Waals surface area (Å²) in [6.45, 7) is 0. The van der Waals surface area contributed by atoms with Crippen LogP contribution in [0, 0.1) is 0 Å². The molecule has 5 nitrogen and oxygen atoms in total. The topological polar surface area (TPSA) is 89.1 Å². The van der Waals surface area contributed by atoms with E-state index >= 15 is 0 Å². The molecule has 0 unspecified atom stereocenters. The summed E-state index contributed by atoms with van der Waals surface area (Å²) in [5.74, 6) is -0.809. The van der Waals surface area contributed by atoms with Crippen LogP contribution in [0.2, 0.25) is 0 Å². The van der Waals surface area contributed by atoms with Crippen LogP contribution in [-0.2, 0) is 11.2 Å². The molecule has 0 atom stereocenters. The number of carbonyl (C=O) groups is 1. The fourth-order valence-corrected chi connectivity index (χ4v) is 3.27. The molecule has 1 heterocycles. The molecule has 0 fully saturated rings. The van der Waals surface area contributed by atoms with E-state index in [0.717, 1.165) is 27.8 Å². The number of rotatable bonds is 5. The Bertz CT molecular complexity index is 1170. The molecular weight excluding hydrogens is 340 g/mol. The quantitative estimate of drug-likeness (QED) is 0.567. The lowest BCUT2D eigenvalue weighted by molar-refractivity contribution is -0.117. The number of aromatic nitrogens is 1. The Morgan fingerprint density at radius 3 is 2.48 bits per heavy atom. The number of nitrogens with one attached hydrogen (secondary N) is 1. The standard InChI is InChI=1S/C22H18N2O3/c23-21(25)11-8-16-12-15(14-4-2-1-3-5-14)6-9-18(16)17-7-10-20-19(13-17)24-22(26)27-20/h1-7,9-10,12-13H,8,11H2,(H2,23,25)(H,24,26). The number of nitrogens with two attached hydrogens (primary N) is 1.